The fourth-order valence-electron chi connectivity index (χ4n) is 3.50. The molecule has 0 bridgehead atoms. The Balaban J connectivity index is 1.42. The lowest BCUT2D eigenvalue weighted by Gasteiger charge is -2.08. The zero-order valence-corrected chi connectivity index (χ0v) is 18.9. The minimum absolute atomic E-state index is 0.239. The summed E-state index contributed by atoms with van der Waals surface area (Å²) in [6, 6.07) is 26.6. The number of rotatable bonds is 8. The summed E-state index contributed by atoms with van der Waals surface area (Å²) in [5.41, 5.74) is 8.59. The average molecular weight is 455 g/mol. The van der Waals surface area contributed by atoms with Gasteiger partial charge in [-0.3, -0.25) is 20.4 Å². The Morgan fingerprint density at radius 3 is 2.24 bits per heavy atom. The SMILES string of the molecule is CCOc1ccc(CCC(=O)NNC(=O)c2cn(-c3ccccc3)nc2-c2ccccc2)cc1. The second-order valence-electron chi connectivity index (χ2n) is 7.62. The third kappa shape index (κ3) is 5.69. The van der Waals surface area contributed by atoms with E-state index in [0.717, 1.165) is 22.6 Å². The number of carbonyl (C=O) groups excluding carboxylic acids is 2. The van der Waals surface area contributed by atoms with E-state index in [1.165, 1.54) is 0 Å². The monoisotopic (exact) mass is 454 g/mol. The van der Waals surface area contributed by atoms with Crippen molar-refractivity contribution in [3.05, 3.63) is 102 Å². The van der Waals surface area contributed by atoms with Gasteiger partial charge in [0.25, 0.3) is 5.91 Å². The molecule has 0 atom stereocenters. The first-order chi connectivity index (χ1) is 16.6. The molecule has 0 unspecified atom stereocenters. The summed E-state index contributed by atoms with van der Waals surface area (Å²) in [6.07, 6.45) is 2.46. The smallest absolute Gasteiger partial charge is 0.273 e. The lowest BCUT2D eigenvalue weighted by Crippen LogP contribution is -2.41. The summed E-state index contributed by atoms with van der Waals surface area (Å²) in [7, 11) is 0. The Morgan fingerprint density at radius 2 is 1.56 bits per heavy atom. The fraction of sp³-hybridized carbons (Fsp3) is 0.148. The largest absolute Gasteiger partial charge is 0.494 e. The zero-order chi connectivity index (χ0) is 23.8. The predicted octanol–water partition coefficient (Wildman–Crippen LogP) is 4.33. The molecule has 3 aromatic carbocycles. The Kier molecular flexibility index (Phi) is 7.35. The van der Waals surface area contributed by atoms with Crippen LogP contribution in [-0.2, 0) is 11.2 Å². The van der Waals surface area contributed by atoms with Crippen LogP contribution in [-0.4, -0.2) is 28.2 Å². The van der Waals surface area contributed by atoms with Gasteiger partial charge in [-0.05, 0) is 43.2 Å². The zero-order valence-electron chi connectivity index (χ0n) is 18.9. The number of aryl methyl sites for hydroxylation is 1. The average Bonchev–Trinajstić information content (AvgIpc) is 3.34. The van der Waals surface area contributed by atoms with Gasteiger partial charge in [0.15, 0.2) is 0 Å². The molecule has 0 spiro atoms. The van der Waals surface area contributed by atoms with E-state index >= 15 is 0 Å². The van der Waals surface area contributed by atoms with Crippen LogP contribution in [0, 0.1) is 0 Å². The summed E-state index contributed by atoms with van der Waals surface area (Å²) in [6.45, 7) is 2.54. The van der Waals surface area contributed by atoms with E-state index < -0.39 is 5.91 Å². The van der Waals surface area contributed by atoms with Crippen LogP contribution in [0.5, 0.6) is 5.75 Å². The van der Waals surface area contributed by atoms with Crippen molar-refractivity contribution in [2.24, 2.45) is 0 Å². The number of aromatic nitrogens is 2. The summed E-state index contributed by atoms with van der Waals surface area (Å²) in [5, 5.41) is 4.63. The van der Waals surface area contributed by atoms with E-state index in [0.29, 0.717) is 24.3 Å². The first-order valence-corrected chi connectivity index (χ1v) is 11.2. The van der Waals surface area contributed by atoms with Gasteiger partial charge in [0.05, 0.1) is 17.9 Å². The molecule has 34 heavy (non-hydrogen) atoms. The van der Waals surface area contributed by atoms with Crippen molar-refractivity contribution < 1.29 is 14.3 Å². The highest BCUT2D eigenvalue weighted by Gasteiger charge is 2.19. The molecule has 4 aromatic rings. The predicted molar refractivity (Wildman–Crippen MR) is 131 cm³/mol. The quantitative estimate of drug-likeness (QED) is 0.388. The molecule has 0 fully saturated rings. The van der Waals surface area contributed by atoms with Gasteiger partial charge in [-0.15, -0.1) is 0 Å². The minimum Gasteiger partial charge on any atom is -0.494 e. The van der Waals surface area contributed by atoms with Gasteiger partial charge >= 0.3 is 0 Å². The van der Waals surface area contributed by atoms with E-state index in [4.69, 9.17) is 4.74 Å². The van der Waals surface area contributed by atoms with Crippen molar-refractivity contribution >= 4 is 11.8 Å². The lowest BCUT2D eigenvalue weighted by atomic mass is 10.1. The van der Waals surface area contributed by atoms with E-state index in [1.54, 1.807) is 10.9 Å². The number of amides is 2. The number of nitrogens with zero attached hydrogens (tertiary/aromatic N) is 2. The molecule has 1 aromatic heterocycles. The first-order valence-electron chi connectivity index (χ1n) is 11.2. The first kappa shape index (κ1) is 22.8. The van der Waals surface area contributed by atoms with Gasteiger partial charge in [-0.25, -0.2) is 4.68 Å². The summed E-state index contributed by atoms with van der Waals surface area (Å²) in [5.74, 6) is 0.0858. The van der Waals surface area contributed by atoms with Gasteiger partial charge in [0.2, 0.25) is 5.91 Å². The van der Waals surface area contributed by atoms with E-state index in [1.807, 2.05) is 91.9 Å². The Morgan fingerprint density at radius 1 is 0.882 bits per heavy atom. The molecule has 0 radical (unpaired) electrons. The summed E-state index contributed by atoms with van der Waals surface area (Å²) < 4.78 is 7.09. The molecule has 2 N–H and O–H groups in total. The van der Waals surface area contributed by atoms with E-state index in [9.17, 15) is 9.59 Å². The molecule has 0 saturated carbocycles. The van der Waals surface area contributed by atoms with Crippen LogP contribution in [0.4, 0.5) is 0 Å². The number of para-hydroxylation sites is 1. The number of nitrogens with one attached hydrogen (secondary N) is 2. The van der Waals surface area contributed by atoms with Gasteiger partial charge in [0.1, 0.15) is 11.4 Å². The van der Waals surface area contributed by atoms with Crippen molar-refractivity contribution in [1.29, 1.82) is 0 Å². The van der Waals surface area contributed by atoms with Crippen molar-refractivity contribution in [3.63, 3.8) is 0 Å². The minimum atomic E-state index is -0.435. The molecule has 4 rings (SSSR count). The van der Waals surface area contributed by atoms with Crippen LogP contribution in [0.15, 0.2) is 91.1 Å². The number of ether oxygens (including phenoxy) is 1. The number of benzene rings is 3. The fourth-order valence-corrected chi connectivity index (χ4v) is 3.50. The van der Waals surface area contributed by atoms with Crippen LogP contribution in [0.1, 0.15) is 29.3 Å². The van der Waals surface area contributed by atoms with Crippen LogP contribution < -0.4 is 15.6 Å². The molecular formula is C27H26N4O3. The molecule has 172 valence electrons. The van der Waals surface area contributed by atoms with Gasteiger partial charge in [0, 0.05) is 18.2 Å². The highest BCUT2D eigenvalue weighted by atomic mass is 16.5. The van der Waals surface area contributed by atoms with Crippen LogP contribution in [0.2, 0.25) is 0 Å². The number of hydrogen-bond donors (Lipinski definition) is 2. The number of hydrogen-bond acceptors (Lipinski definition) is 4. The number of carbonyl (C=O) groups is 2. The highest BCUT2D eigenvalue weighted by molar-refractivity contribution is 6.00. The van der Waals surface area contributed by atoms with Crippen molar-refractivity contribution in [3.8, 4) is 22.7 Å². The maximum Gasteiger partial charge on any atom is 0.273 e. The molecule has 7 heteroatoms. The molecule has 0 aliphatic carbocycles. The van der Waals surface area contributed by atoms with Crippen LogP contribution in [0.25, 0.3) is 16.9 Å². The van der Waals surface area contributed by atoms with Gasteiger partial charge in [-0.2, -0.15) is 5.10 Å². The van der Waals surface area contributed by atoms with Crippen LogP contribution in [0.3, 0.4) is 0 Å². The van der Waals surface area contributed by atoms with Gasteiger partial charge < -0.3 is 4.74 Å². The summed E-state index contributed by atoms with van der Waals surface area (Å²) >= 11 is 0. The maximum absolute atomic E-state index is 13.0. The number of hydrazine groups is 1. The van der Waals surface area contributed by atoms with Crippen molar-refractivity contribution in [2.45, 2.75) is 19.8 Å². The van der Waals surface area contributed by atoms with Gasteiger partial charge in [-0.1, -0.05) is 60.7 Å². The third-order valence-electron chi connectivity index (χ3n) is 5.22. The van der Waals surface area contributed by atoms with Crippen molar-refractivity contribution in [2.75, 3.05) is 6.61 Å². The maximum atomic E-state index is 13.0. The third-order valence-corrected chi connectivity index (χ3v) is 5.22. The molecule has 2 amide bonds. The molecule has 0 aliphatic heterocycles. The molecule has 0 aliphatic rings. The normalized spacial score (nSPS) is 10.5. The Hall–Kier alpha value is -4.39. The Labute approximate surface area is 198 Å². The van der Waals surface area contributed by atoms with Crippen LogP contribution >= 0.6 is 0 Å². The standard InChI is InChI=1S/C27H26N4O3/c1-2-34-23-16-13-20(14-17-23)15-18-25(32)28-29-27(33)24-19-31(22-11-7-4-8-12-22)30-26(24)21-9-5-3-6-10-21/h3-14,16-17,19H,2,15,18H2,1H3,(H,28,32)(H,29,33). The molecule has 7 nitrogen and oxygen atoms in total. The lowest BCUT2D eigenvalue weighted by molar-refractivity contribution is -0.121. The van der Waals surface area contributed by atoms with E-state index in [2.05, 4.69) is 16.0 Å². The highest BCUT2D eigenvalue weighted by Crippen LogP contribution is 2.23. The topological polar surface area (TPSA) is 85.3 Å². The molecule has 1 heterocycles. The second kappa shape index (κ2) is 11.0. The Bertz CT molecular complexity index is 1240. The van der Waals surface area contributed by atoms with E-state index in [-0.39, 0.29) is 12.3 Å². The second-order valence-corrected chi connectivity index (χ2v) is 7.62. The molecular weight excluding hydrogens is 428 g/mol. The van der Waals surface area contributed by atoms with Crippen molar-refractivity contribution in [1.82, 2.24) is 20.6 Å². The molecule has 0 saturated heterocycles. The summed E-state index contributed by atoms with van der Waals surface area (Å²) in [4.78, 5) is 25.3.